The number of hydrogen-bond donors (Lipinski definition) is 2. The van der Waals surface area contributed by atoms with Crippen LogP contribution in [0, 0.1) is 5.92 Å². The van der Waals surface area contributed by atoms with Crippen LogP contribution in [0.4, 0.5) is 4.79 Å². The fourth-order valence-corrected chi connectivity index (χ4v) is 2.26. The van der Waals surface area contributed by atoms with E-state index in [2.05, 4.69) is 5.32 Å². The number of amides is 1. The maximum Gasteiger partial charge on any atom is 0.408 e. The van der Waals surface area contributed by atoms with Crippen LogP contribution in [-0.2, 0) is 9.53 Å². The molecule has 23 heavy (non-hydrogen) atoms. The first-order chi connectivity index (χ1) is 10.7. The first kappa shape index (κ1) is 19.2. The van der Waals surface area contributed by atoms with Crippen LogP contribution < -0.4 is 5.32 Å². The van der Waals surface area contributed by atoms with Crippen molar-refractivity contribution in [1.82, 2.24) is 5.32 Å². The molecule has 2 N–H and O–H groups in total. The number of alkyl carbamates (subject to hydrolysis) is 1. The van der Waals surface area contributed by atoms with Crippen molar-refractivity contribution < 1.29 is 19.4 Å². The van der Waals surface area contributed by atoms with Gasteiger partial charge >= 0.3 is 6.09 Å². The van der Waals surface area contributed by atoms with Crippen molar-refractivity contribution in [3.63, 3.8) is 0 Å². The lowest BCUT2D eigenvalue weighted by molar-refractivity contribution is -0.126. The Balaban J connectivity index is 2.99. The van der Waals surface area contributed by atoms with Gasteiger partial charge in [0.2, 0.25) is 0 Å². The van der Waals surface area contributed by atoms with E-state index in [0.717, 1.165) is 5.56 Å². The second-order valence-corrected chi connectivity index (χ2v) is 6.63. The van der Waals surface area contributed by atoms with Crippen LogP contribution in [0.2, 0.25) is 0 Å². The molecule has 1 aromatic rings. The van der Waals surface area contributed by atoms with Crippen LogP contribution >= 0.6 is 0 Å². The standard InChI is InChI=1S/C18H27NO4/c1-6-14(20)12(2)16(21)15(13-10-8-7-9-11-13)19-17(22)23-18(3,4)5/h7-12,15-16,21H,6H2,1-5H3,(H,19,22)/t12-,15-,16+/m0/s1. The van der Waals surface area contributed by atoms with E-state index in [1.165, 1.54) is 0 Å². The lowest BCUT2D eigenvalue weighted by atomic mass is 9.89. The molecular formula is C18H27NO4. The lowest BCUT2D eigenvalue weighted by Gasteiger charge is -2.29. The van der Waals surface area contributed by atoms with E-state index in [1.54, 1.807) is 46.8 Å². The Bertz CT molecular complexity index is 522. The monoisotopic (exact) mass is 321 g/mol. The second kappa shape index (κ2) is 8.11. The third kappa shape index (κ3) is 6.02. The summed E-state index contributed by atoms with van der Waals surface area (Å²) in [6, 6.07) is 8.37. The Morgan fingerprint density at radius 2 is 1.78 bits per heavy atom. The minimum atomic E-state index is -1.03. The van der Waals surface area contributed by atoms with Crippen LogP contribution in [-0.4, -0.2) is 28.7 Å². The quantitative estimate of drug-likeness (QED) is 0.843. The molecule has 5 nitrogen and oxygen atoms in total. The maximum absolute atomic E-state index is 12.1. The summed E-state index contributed by atoms with van der Waals surface area (Å²) in [5.74, 6) is -0.635. The van der Waals surface area contributed by atoms with Crippen molar-refractivity contribution >= 4 is 11.9 Å². The molecule has 0 aromatic heterocycles. The average Bonchev–Trinajstić information content (AvgIpc) is 2.49. The second-order valence-electron chi connectivity index (χ2n) is 6.63. The number of rotatable bonds is 6. The van der Waals surface area contributed by atoms with Gasteiger partial charge in [-0.25, -0.2) is 4.79 Å². The number of ketones is 1. The molecule has 1 aromatic carbocycles. The summed E-state index contributed by atoms with van der Waals surface area (Å²) in [4.78, 5) is 24.0. The number of Topliss-reactive ketones (excluding diaryl/α,β-unsaturated/α-hetero) is 1. The summed E-state index contributed by atoms with van der Waals surface area (Å²) in [5, 5.41) is 13.3. The van der Waals surface area contributed by atoms with Gasteiger partial charge in [-0.05, 0) is 26.3 Å². The molecule has 0 aliphatic heterocycles. The molecule has 0 unspecified atom stereocenters. The van der Waals surface area contributed by atoms with Gasteiger partial charge in [0.05, 0.1) is 12.1 Å². The minimum Gasteiger partial charge on any atom is -0.444 e. The van der Waals surface area contributed by atoms with E-state index in [4.69, 9.17) is 4.74 Å². The molecule has 1 rings (SSSR count). The van der Waals surface area contributed by atoms with Crippen LogP contribution in [0.25, 0.3) is 0 Å². The summed E-state index contributed by atoms with van der Waals surface area (Å²) in [5.41, 5.74) is 0.0859. The van der Waals surface area contributed by atoms with E-state index in [1.807, 2.05) is 18.2 Å². The third-order valence-corrected chi connectivity index (χ3v) is 3.54. The Morgan fingerprint density at radius 1 is 1.22 bits per heavy atom. The molecule has 5 heteroatoms. The number of ether oxygens (including phenoxy) is 1. The molecule has 0 saturated heterocycles. The molecule has 128 valence electrons. The molecule has 1 amide bonds. The molecular weight excluding hydrogens is 294 g/mol. The van der Waals surface area contributed by atoms with Gasteiger partial charge in [0.15, 0.2) is 0 Å². The predicted molar refractivity (Wildman–Crippen MR) is 89.0 cm³/mol. The van der Waals surface area contributed by atoms with Gasteiger partial charge in [-0.1, -0.05) is 44.2 Å². The van der Waals surface area contributed by atoms with Crippen LogP contribution in [0.3, 0.4) is 0 Å². The van der Waals surface area contributed by atoms with Crippen molar-refractivity contribution in [1.29, 1.82) is 0 Å². The molecule has 0 spiro atoms. The topological polar surface area (TPSA) is 75.6 Å². The summed E-state index contributed by atoms with van der Waals surface area (Å²) in [7, 11) is 0. The van der Waals surface area contributed by atoms with Crippen molar-refractivity contribution in [3.05, 3.63) is 35.9 Å². The first-order valence-corrected chi connectivity index (χ1v) is 7.91. The summed E-state index contributed by atoms with van der Waals surface area (Å²) in [6.45, 7) is 8.73. The molecule has 3 atom stereocenters. The fraction of sp³-hybridized carbons (Fsp3) is 0.556. The molecule has 0 aliphatic rings. The van der Waals surface area contributed by atoms with Crippen molar-refractivity contribution in [2.75, 3.05) is 0 Å². The van der Waals surface area contributed by atoms with Crippen molar-refractivity contribution in [2.45, 2.75) is 58.8 Å². The van der Waals surface area contributed by atoms with E-state index in [9.17, 15) is 14.7 Å². The highest BCUT2D eigenvalue weighted by Gasteiger charge is 2.32. The van der Waals surface area contributed by atoms with Gasteiger partial charge in [0, 0.05) is 12.3 Å². The van der Waals surface area contributed by atoms with Gasteiger partial charge in [-0.2, -0.15) is 0 Å². The lowest BCUT2D eigenvalue weighted by Crippen LogP contribution is -2.43. The van der Waals surface area contributed by atoms with E-state index < -0.39 is 29.8 Å². The van der Waals surface area contributed by atoms with Gasteiger partial charge in [-0.15, -0.1) is 0 Å². The van der Waals surface area contributed by atoms with E-state index >= 15 is 0 Å². The van der Waals surface area contributed by atoms with Crippen LogP contribution in [0.5, 0.6) is 0 Å². The zero-order chi connectivity index (χ0) is 17.6. The van der Waals surface area contributed by atoms with Gasteiger partial charge < -0.3 is 15.2 Å². The molecule has 0 aliphatic carbocycles. The number of nitrogens with one attached hydrogen (secondary N) is 1. The molecule has 0 heterocycles. The largest absolute Gasteiger partial charge is 0.444 e. The van der Waals surface area contributed by atoms with Crippen molar-refractivity contribution in [2.24, 2.45) is 5.92 Å². The Kier molecular flexibility index (Phi) is 6.76. The van der Waals surface area contributed by atoms with Gasteiger partial charge in [0.25, 0.3) is 0 Å². The smallest absolute Gasteiger partial charge is 0.408 e. The zero-order valence-electron chi connectivity index (χ0n) is 14.5. The average molecular weight is 321 g/mol. The summed E-state index contributed by atoms with van der Waals surface area (Å²) in [6.07, 6.45) is -1.31. The number of carbonyl (C=O) groups is 2. The predicted octanol–water partition coefficient (Wildman–Crippen LogP) is 3.23. The highest BCUT2D eigenvalue weighted by atomic mass is 16.6. The molecule has 0 fully saturated rings. The van der Waals surface area contributed by atoms with Crippen LogP contribution in [0.1, 0.15) is 52.6 Å². The zero-order valence-corrected chi connectivity index (χ0v) is 14.5. The fourth-order valence-electron chi connectivity index (χ4n) is 2.26. The number of aliphatic hydroxyl groups excluding tert-OH is 1. The molecule has 0 radical (unpaired) electrons. The van der Waals surface area contributed by atoms with E-state index in [-0.39, 0.29) is 5.78 Å². The molecule has 0 bridgehead atoms. The van der Waals surface area contributed by atoms with Gasteiger partial charge in [0.1, 0.15) is 11.4 Å². The molecule has 0 saturated carbocycles. The summed E-state index contributed by atoms with van der Waals surface area (Å²) < 4.78 is 5.26. The number of benzene rings is 1. The summed E-state index contributed by atoms with van der Waals surface area (Å²) >= 11 is 0. The SMILES string of the molecule is CCC(=O)[C@H](C)[C@@H](O)[C@@H](NC(=O)OC(C)(C)C)c1ccccc1. The Hall–Kier alpha value is -1.88. The normalized spacial score (nSPS) is 15.4. The third-order valence-electron chi connectivity index (χ3n) is 3.54. The Labute approximate surface area is 138 Å². The number of carbonyl (C=O) groups excluding carboxylic acids is 2. The highest BCUT2D eigenvalue weighted by molar-refractivity contribution is 5.81. The Morgan fingerprint density at radius 3 is 2.26 bits per heavy atom. The highest BCUT2D eigenvalue weighted by Crippen LogP contribution is 2.24. The maximum atomic E-state index is 12.1. The van der Waals surface area contributed by atoms with Crippen LogP contribution in [0.15, 0.2) is 30.3 Å². The number of aliphatic hydroxyl groups is 1. The number of hydrogen-bond acceptors (Lipinski definition) is 4. The minimum absolute atomic E-state index is 0.0515. The van der Waals surface area contributed by atoms with E-state index in [0.29, 0.717) is 6.42 Å². The first-order valence-electron chi connectivity index (χ1n) is 7.91. The van der Waals surface area contributed by atoms with Crippen molar-refractivity contribution in [3.8, 4) is 0 Å². The van der Waals surface area contributed by atoms with Gasteiger partial charge in [-0.3, -0.25) is 4.79 Å².